The number of hydrogen-bond donors (Lipinski definition) is 1. The fraction of sp³-hybridized carbons (Fsp3) is 0.562. The Morgan fingerprint density at radius 2 is 2.10 bits per heavy atom. The van der Waals surface area contributed by atoms with Gasteiger partial charge in [0.15, 0.2) is 0 Å². The summed E-state index contributed by atoms with van der Waals surface area (Å²) in [6, 6.07) is 7.80. The third-order valence-corrected chi connectivity index (χ3v) is 3.75. The van der Waals surface area contributed by atoms with Gasteiger partial charge in [0.2, 0.25) is 0 Å². The summed E-state index contributed by atoms with van der Waals surface area (Å²) in [6.07, 6.45) is 3.70. The molecule has 1 aromatic carbocycles. The largest absolute Gasteiger partial charge is 0.494 e. The number of carboxylic acids is 1. The number of likely N-dealkylation sites (tertiary alicyclic amines) is 1. The Balaban J connectivity index is 2.20. The minimum Gasteiger partial charge on any atom is -0.494 e. The van der Waals surface area contributed by atoms with Crippen LogP contribution in [0.4, 0.5) is 0 Å². The maximum absolute atomic E-state index is 11.2. The van der Waals surface area contributed by atoms with Crippen LogP contribution in [-0.4, -0.2) is 35.7 Å². The van der Waals surface area contributed by atoms with Crippen molar-refractivity contribution in [1.29, 1.82) is 0 Å². The molecular weight excluding hydrogens is 254 g/mol. The number of carbonyl (C=O) groups is 1. The van der Waals surface area contributed by atoms with Gasteiger partial charge in [-0.15, -0.1) is 0 Å². The lowest BCUT2D eigenvalue weighted by molar-refractivity contribution is -0.138. The minimum absolute atomic E-state index is 0.0480. The highest BCUT2D eigenvalue weighted by Gasteiger charge is 2.24. The molecule has 4 nitrogen and oxygen atoms in total. The van der Waals surface area contributed by atoms with Gasteiger partial charge in [0.05, 0.1) is 13.0 Å². The van der Waals surface area contributed by atoms with Crippen molar-refractivity contribution >= 4 is 5.97 Å². The zero-order valence-corrected chi connectivity index (χ0v) is 12.0. The molecule has 1 heterocycles. The van der Waals surface area contributed by atoms with E-state index in [-0.39, 0.29) is 12.5 Å². The molecule has 2 rings (SSSR count). The minimum atomic E-state index is -0.748. The monoisotopic (exact) mass is 277 g/mol. The lowest BCUT2D eigenvalue weighted by Crippen LogP contribution is -2.35. The molecule has 1 unspecified atom stereocenters. The van der Waals surface area contributed by atoms with Gasteiger partial charge in [-0.3, -0.25) is 9.69 Å². The normalized spacial score (nSPS) is 17.6. The third kappa shape index (κ3) is 3.97. The second-order valence-corrected chi connectivity index (χ2v) is 5.22. The van der Waals surface area contributed by atoms with E-state index in [1.165, 1.54) is 6.42 Å². The Hall–Kier alpha value is -1.55. The second-order valence-electron chi connectivity index (χ2n) is 5.22. The van der Waals surface area contributed by atoms with Crippen molar-refractivity contribution in [3.8, 4) is 5.75 Å². The first-order chi connectivity index (χ1) is 9.70. The molecule has 1 aliphatic heterocycles. The van der Waals surface area contributed by atoms with Crippen molar-refractivity contribution in [1.82, 2.24) is 4.90 Å². The Morgan fingerprint density at radius 1 is 1.35 bits per heavy atom. The summed E-state index contributed by atoms with van der Waals surface area (Å²) < 4.78 is 5.52. The number of nitrogens with zero attached hydrogens (tertiary/aromatic N) is 1. The number of benzene rings is 1. The molecule has 1 saturated heterocycles. The Kier molecular flexibility index (Phi) is 5.41. The molecular formula is C16H23NO3. The topological polar surface area (TPSA) is 49.8 Å². The summed E-state index contributed by atoms with van der Waals surface area (Å²) in [6.45, 7) is 4.54. The average molecular weight is 277 g/mol. The van der Waals surface area contributed by atoms with Gasteiger partial charge in [0.25, 0.3) is 0 Å². The van der Waals surface area contributed by atoms with Crippen molar-refractivity contribution in [3.05, 3.63) is 29.8 Å². The van der Waals surface area contributed by atoms with Gasteiger partial charge in [-0.1, -0.05) is 18.6 Å². The summed E-state index contributed by atoms with van der Waals surface area (Å²) in [5, 5.41) is 9.19. The molecule has 1 N–H and O–H groups in total. The average Bonchev–Trinajstić information content (AvgIpc) is 2.46. The van der Waals surface area contributed by atoms with Crippen LogP contribution in [0, 0.1) is 0 Å². The molecule has 0 spiro atoms. The number of piperidine rings is 1. The highest BCUT2D eigenvalue weighted by Crippen LogP contribution is 2.29. The van der Waals surface area contributed by atoms with Gasteiger partial charge in [-0.25, -0.2) is 0 Å². The van der Waals surface area contributed by atoms with Gasteiger partial charge in [-0.05, 0) is 50.6 Å². The summed E-state index contributed by atoms with van der Waals surface area (Å²) in [7, 11) is 0. The predicted octanol–water partition coefficient (Wildman–Crippen LogP) is 3.09. The molecule has 1 atom stereocenters. The zero-order valence-electron chi connectivity index (χ0n) is 12.0. The Morgan fingerprint density at radius 3 is 2.75 bits per heavy atom. The van der Waals surface area contributed by atoms with E-state index in [0.717, 1.165) is 37.2 Å². The van der Waals surface area contributed by atoms with E-state index < -0.39 is 5.97 Å². The summed E-state index contributed by atoms with van der Waals surface area (Å²) in [5.74, 6) is 0.0692. The van der Waals surface area contributed by atoms with Crippen LogP contribution < -0.4 is 4.74 Å². The molecule has 0 bridgehead atoms. The van der Waals surface area contributed by atoms with Gasteiger partial charge in [-0.2, -0.15) is 0 Å². The van der Waals surface area contributed by atoms with Crippen molar-refractivity contribution in [2.75, 3.05) is 19.7 Å². The van der Waals surface area contributed by atoms with Crippen LogP contribution >= 0.6 is 0 Å². The highest BCUT2D eigenvalue weighted by molar-refractivity contribution is 5.68. The second kappa shape index (κ2) is 7.29. The van der Waals surface area contributed by atoms with Crippen molar-refractivity contribution in [3.63, 3.8) is 0 Å². The maximum Gasteiger partial charge on any atom is 0.305 e. The van der Waals surface area contributed by atoms with Crippen LogP contribution in [0.2, 0.25) is 0 Å². The lowest BCUT2D eigenvalue weighted by Gasteiger charge is -2.34. The molecule has 1 aliphatic rings. The molecule has 20 heavy (non-hydrogen) atoms. The summed E-state index contributed by atoms with van der Waals surface area (Å²) in [5.41, 5.74) is 1.04. The first-order valence-electron chi connectivity index (χ1n) is 7.39. The zero-order chi connectivity index (χ0) is 14.4. The fourth-order valence-corrected chi connectivity index (χ4v) is 2.83. The van der Waals surface area contributed by atoms with E-state index in [9.17, 15) is 9.90 Å². The Labute approximate surface area is 120 Å². The quantitative estimate of drug-likeness (QED) is 0.868. The number of ether oxygens (including phenoxy) is 1. The van der Waals surface area contributed by atoms with Crippen LogP contribution in [0.1, 0.15) is 44.2 Å². The van der Waals surface area contributed by atoms with E-state index in [4.69, 9.17) is 4.74 Å². The van der Waals surface area contributed by atoms with Crippen LogP contribution in [-0.2, 0) is 4.79 Å². The molecule has 1 aromatic rings. The highest BCUT2D eigenvalue weighted by atomic mass is 16.5. The van der Waals surface area contributed by atoms with E-state index in [1.807, 2.05) is 31.2 Å². The van der Waals surface area contributed by atoms with Crippen LogP contribution in [0.5, 0.6) is 5.75 Å². The summed E-state index contributed by atoms with van der Waals surface area (Å²) in [4.78, 5) is 13.5. The predicted molar refractivity (Wildman–Crippen MR) is 78.0 cm³/mol. The van der Waals surface area contributed by atoms with Crippen LogP contribution in [0.3, 0.4) is 0 Å². The van der Waals surface area contributed by atoms with E-state index >= 15 is 0 Å². The van der Waals surface area contributed by atoms with Crippen LogP contribution in [0.25, 0.3) is 0 Å². The standard InChI is InChI=1S/C16H23NO3/c1-2-20-14-8-6-7-13(11-14)15(12-16(18)19)17-9-4-3-5-10-17/h6-8,11,15H,2-5,9-10,12H2,1H3,(H,18,19). The number of rotatable bonds is 6. The van der Waals surface area contributed by atoms with E-state index in [0.29, 0.717) is 6.61 Å². The SMILES string of the molecule is CCOc1cccc(C(CC(=O)O)N2CCCCC2)c1. The molecule has 0 aromatic heterocycles. The number of carboxylic acid groups (broad SMARTS) is 1. The maximum atomic E-state index is 11.2. The number of aliphatic carboxylic acids is 1. The molecule has 0 aliphatic carbocycles. The first-order valence-corrected chi connectivity index (χ1v) is 7.39. The van der Waals surface area contributed by atoms with Crippen molar-refractivity contribution in [2.24, 2.45) is 0 Å². The molecule has 110 valence electrons. The molecule has 0 amide bonds. The molecule has 0 saturated carbocycles. The molecule has 4 heteroatoms. The van der Waals surface area contributed by atoms with E-state index in [2.05, 4.69) is 4.90 Å². The third-order valence-electron chi connectivity index (χ3n) is 3.75. The van der Waals surface area contributed by atoms with Gasteiger partial charge in [0.1, 0.15) is 5.75 Å². The van der Waals surface area contributed by atoms with Gasteiger partial charge < -0.3 is 9.84 Å². The van der Waals surface area contributed by atoms with Gasteiger partial charge >= 0.3 is 5.97 Å². The van der Waals surface area contributed by atoms with Crippen molar-refractivity contribution in [2.45, 2.75) is 38.6 Å². The van der Waals surface area contributed by atoms with Crippen LogP contribution in [0.15, 0.2) is 24.3 Å². The van der Waals surface area contributed by atoms with Crippen molar-refractivity contribution < 1.29 is 14.6 Å². The lowest BCUT2D eigenvalue weighted by atomic mass is 9.99. The fourth-order valence-electron chi connectivity index (χ4n) is 2.83. The molecule has 0 radical (unpaired) electrons. The smallest absolute Gasteiger partial charge is 0.305 e. The van der Waals surface area contributed by atoms with Gasteiger partial charge in [0, 0.05) is 6.04 Å². The molecule has 1 fully saturated rings. The first kappa shape index (κ1) is 14.9. The summed E-state index contributed by atoms with van der Waals surface area (Å²) >= 11 is 0. The Bertz CT molecular complexity index is 441. The van der Waals surface area contributed by atoms with E-state index in [1.54, 1.807) is 0 Å². The number of hydrogen-bond acceptors (Lipinski definition) is 3.